The maximum atomic E-state index is 12.1. The van der Waals surface area contributed by atoms with E-state index in [0.717, 1.165) is 5.56 Å². The van der Waals surface area contributed by atoms with Crippen molar-refractivity contribution >= 4 is 18.1 Å². The Morgan fingerprint density at radius 1 is 1.15 bits per heavy atom. The second-order valence-electron chi connectivity index (χ2n) is 5.34. The van der Waals surface area contributed by atoms with Crippen LogP contribution in [0, 0.1) is 6.92 Å². The van der Waals surface area contributed by atoms with Crippen LogP contribution in [0.3, 0.4) is 0 Å². The van der Waals surface area contributed by atoms with Crippen LogP contribution in [0.25, 0.3) is 0 Å². The zero-order chi connectivity index (χ0) is 18.9. The van der Waals surface area contributed by atoms with Crippen LogP contribution in [-0.2, 0) is 4.79 Å². The summed E-state index contributed by atoms with van der Waals surface area (Å²) < 4.78 is 10.6. The van der Waals surface area contributed by atoms with Gasteiger partial charge in [0.1, 0.15) is 0 Å². The van der Waals surface area contributed by atoms with Crippen LogP contribution in [-0.4, -0.2) is 36.4 Å². The highest BCUT2D eigenvalue weighted by molar-refractivity contribution is 5.96. The molecule has 2 N–H and O–H groups in total. The Morgan fingerprint density at radius 2 is 1.92 bits per heavy atom. The fourth-order valence-corrected chi connectivity index (χ4v) is 2.19. The van der Waals surface area contributed by atoms with E-state index in [1.54, 1.807) is 30.3 Å². The van der Waals surface area contributed by atoms with Crippen molar-refractivity contribution in [2.75, 3.05) is 13.2 Å². The lowest BCUT2D eigenvalue weighted by Gasteiger charge is -2.11. The fourth-order valence-electron chi connectivity index (χ4n) is 2.19. The van der Waals surface area contributed by atoms with Crippen LogP contribution in [0.4, 0.5) is 0 Å². The molecular weight excluding hydrogens is 336 g/mol. The molecule has 0 heterocycles. The number of aliphatic carboxylic acids is 1. The summed E-state index contributed by atoms with van der Waals surface area (Å²) in [5.41, 5.74) is 4.56. The summed E-state index contributed by atoms with van der Waals surface area (Å²) in [6.07, 6.45) is 1.47. The van der Waals surface area contributed by atoms with E-state index in [1.165, 1.54) is 6.21 Å². The molecule has 0 spiro atoms. The van der Waals surface area contributed by atoms with Gasteiger partial charge in [-0.15, -0.1) is 0 Å². The molecule has 0 fully saturated rings. The molecule has 0 aromatic heterocycles. The van der Waals surface area contributed by atoms with E-state index in [2.05, 4.69) is 10.5 Å². The van der Waals surface area contributed by atoms with Gasteiger partial charge < -0.3 is 14.6 Å². The molecule has 0 atom stereocenters. The number of aryl methyl sites for hydroxylation is 1. The van der Waals surface area contributed by atoms with Crippen molar-refractivity contribution in [1.82, 2.24) is 5.43 Å². The molecular formula is C19H20N2O5. The van der Waals surface area contributed by atoms with Crippen LogP contribution >= 0.6 is 0 Å². The highest BCUT2D eigenvalue weighted by Crippen LogP contribution is 2.28. The lowest BCUT2D eigenvalue weighted by atomic mass is 10.1. The number of hydrogen-bond acceptors (Lipinski definition) is 5. The van der Waals surface area contributed by atoms with Gasteiger partial charge in [-0.2, -0.15) is 5.10 Å². The molecule has 0 bridgehead atoms. The van der Waals surface area contributed by atoms with E-state index >= 15 is 0 Å². The minimum Gasteiger partial charge on any atom is -0.490 e. The minimum absolute atomic E-state index is 0.300. The van der Waals surface area contributed by atoms with E-state index < -0.39 is 12.6 Å². The number of rotatable bonds is 8. The van der Waals surface area contributed by atoms with E-state index in [9.17, 15) is 9.59 Å². The number of ether oxygens (including phenoxy) is 2. The maximum absolute atomic E-state index is 12.1. The number of nitrogens with one attached hydrogen (secondary N) is 1. The normalized spacial score (nSPS) is 10.5. The SMILES string of the molecule is CCOc1cc(/C=N\NC(=O)c2ccccc2C)ccc1OCC(=O)O. The molecule has 2 rings (SSSR count). The van der Waals surface area contributed by atoms with Gasteiger partial charge in [-0.05, 0) is 49.2 Å². The van der Waals surface area contributed by atoms with Crippen LogP contribution in [0.5, 0.6) is 11.5 Å². The summed E-state index contributed by atoms with van der Waals surface area (Å²) in [6.45, 7) is 3.60. The summed E-state index contributed by atoms with van der Waals surface area (Å²) in [5, 5.41) is 12.7. The number of hydrazone groups is 1. The van der Waals surface area contributed by atoms with Gasteiger partial charge in [-0.3, -0.25) is 4.79 Å². The van der Waals surface area contributed by atoms with Crippen molar-refractivity contribution < 1.29 is 24.2 Å². The first-order valence-electron chi connectivity index (χ1n) is 8.01. The van der Waals surface area contributed by atoms with Crippen molar-refractivity contribution in [3.63, 3.8) is 0 Å². The number of amides is 1. The molecule has 1 amide bonds. The number of nitrogens with zero attached hydrogens (tertiary/aromatic N) is 1. The van der Waals surface area contributed by atoms with Gasteiger partial charge in [0.05, 0.1) is 12.8 Å². The highest BCUT2D eigenvalue weighted by Gasteiger charge is 2.09. The summed E-state index contributed by atoms with van der Waals surface area (Å²) >= 11 is 0. The summed E-state index contributed by atoms with van der Waals surface area (Å²) in [7, 11) is 0. The number of benzene rings is 2. The molecule has 2 aromatic rings. The smallest absolute Gasteiger partial charge is 0.341 e. The molecule has 0 aliphatic heterocycles. The quantitative estimate of drug-likeness (QED) is 0.560. The minimum atomic E-state index is -1.07. The third-order valence-corrected chi connectivity index (χ3v) is 3.39. The number of carbonyl (C=O) groups excluding carboxylic acids is 1. The first kappa shape index (κ1) is 19.0. The largest absolute Gasteiger partial charge is 0.490 e. The Hall–Kier alpha value is -3.35. The van der Waals surface area contributed by atoms with E-state index in [0.29, 0.717) is 29.2 Å². The van der Waals surface area contributed by atoms with Crippen molar-refractivity contribution in [2.24, 2.45) is 5.10 Å². The first-order chi connectivity index (χ1) is 12.5. The Bertz CT molecular complexity index is 817. The third kappa shape index (κ3) is 5.34. The monoisotopic (exact) mass is 356 g/mol. The number of carboxylic acids is 1. The van der Waals surface area contributed by atoms with Gasteiger partial charge in [0.15, 0.2) is 18.1 Å². The standard InChI is InChI=1S/C19H20N2O5/c1-3-25-17-10-14(8-9-16(17)26-12-18(22)23)11-20-21-19(24)15-7-5-4-6-13(15)2/h4-11H,3,12H2,1-2H3,(H,21,24)(H,22,23)/b20-11-. The Kier molecular flexibility index (Phi) is 6.73. The van der Waals surface area contributed by atoms with Crippen LogP contribution in [0.2, 0.25) is 0 Å². The predicted molar refractivity (Wildman–Crippen MR) is 97.0 cm³/mol. The third-order valence-electron chi connectivity index (χ3n) is 3.39. The Labute approximate surface area is 151 Å². The second kappa shape index (κ2) is 9.22. The number of carbonyl (C=O) groups is 2. The van der Waals surface area contributed by atoms with Crippen molar-refractivity contribution in [3.05, 3.63) is 59.2 Å². The average Bonchev–Trinajstić information content (AvgIpc) is 2.61. The molecule has 2 aromatic carbocycles. The second-order valence-corrected chi connectivity index (χ2v) is 5.34. The Morgan fingerprint density at radius 3 is 2.62 bits per heavy atom. The number of carboxylic acid groups (broad SMARTS) is 1. The van der Waals surface area contributed by atoms with E-state index in [1.807, 2.05) is 26.0 Å². The van der Waals surface area contributed by atoms with Gasteiger partial charge in [-0.25, -0.2) is 10.2 Å². The van der Waals surface area contributed by atoms with Crippen LogP contribution in [0.15, 0.2) is 47.6 Å². The zero-order valence-corrected chi connectivity index (χ0v) is 14.6. The van der Waals surface area contributed by atoms with Gasteiger partial charge >= 0.3 is 5.97 Å². The number of hydrogen-bond donors (Lipinski definition) is 2. The molecule has 0 saturated carbocycles. The van der Waals surface area contributed by atoms with Gasteiger partial charge in [0.25, 0.3) is 5.91 Å². The summed E-state index contributed by atoms with van der Waals surface area (Å²) in [4.78, 5) is 22.7. The van der Waals surface area contributed by atoms with Gasteiger partial charge in [0, 0.05) is 5.56 Å². The first-order valence-corrected chi connectivity index (χ1v) is 8.01. The molecule has 0 aliphatic carbocycles. The molecule has 26 heavy (non-hydrogen) atoms. The molecule has 136 valence electrons. The highest BCUT2D eigenvalue weighted by atomic mass is 16.5. The topological polar surface area (TPSA) is 97.2 Å². The lowest BCUT2D eigenvalue weighted by Crippen LogP contribution is -2.18. The Balaban J connectivity index is 2.07. The fraction of sp³-hybridized carbons (Fsp3) is 0.211. The van der Waals surface area contributed by atoms with Gasteiger partial charge in [0.2, 0.25) is 0 Å². The molecule has 0 radical (unpaired) electrons. The molecule has 0 aliphatic rings. The molecule has 7 heteroatoms. The molecule has 0 saturated heterocycles. The van der Waals surface area contributed by atoms with Crippen LogP contribution < -0.4 is 14.9 Å². The predicted octanol–water partition coefficient (Wildman–Crippen LogP) is 2.62. The van der Waals surface area contributed by atoms with Crippen molar-refractivity contribution in [2.45, 2.75) is 13.8 Å². The maximum Gasteiger partial charge on any atom is 0.341 e. The van der Waals surface area contributed by atoms with E-state index in [-0.39, 0.29) is 5.91 Å². The van der Waals surface area contributed by atoms with Crippen LogP contribution in [0.1, 0.15) is 28.4 Å². The van der Waals surface area contributed by atoms with Crippen molar-refractivity contribution in [1.29, 1.82) is 0 Å². The van der Waals surface area contributed by atoms with Crippen molar-refractivity contribution in [3.8, 4) is 11.5 Å². The van der Waals surface area contributed by atoms with E-state index in [4.69, 9.17) is 14.6 Å². The summed E-state index contributed by atoms with van der Waals surface area (Å²) in [5.74, 6) is -0.638. The zero-order valence-electron chi connectivity index (χ0n) is 14.6. The molecule has 0 unspecified atom stereocenters. The van der Waals surface area contributed by atoms with Gasteiger partial charge in [-0.1, -0.05) is 18.2 Å². The lowest BCUT2D eigenvalue weighted by molar-refractivity contribution is -0.139. The molecule has 7 nitrogen and oxygen atoms in total. The average molecular weight is 356 g/mol. The summed E-state index contributed by atoms with van der Waals surface area (Å²) in [6, 6.07) is 12.2.